The van der Waals surface area contributed by atoms with E-state index in [0.717, 1.165) is 27.3 Å². The highest BCUT2D eigenvalue weighted by Gasteiger charge is 2.63. The molecule has 1 aromatic carbocycles. The van der Waals surface area contributed by atoms with Gasteiger partial charge in [-0.3, -0.25) is 0 Å². The minimum atomic E-state index is 0.0682. The van der Waals surface area contributed by atoms with Crippen LogP contribution in [0.25, 0.3) is 0 Å². The maximum absolute atomic E-state index is 6.60. The monoisotopic (exact) mass is 448 g/mol. The fourth-order valence-electron chi connectivity index (χ4n) is 4.39. The quantitative estimate of drug-likeness (QED) is 0.430. The van der Waals surface area contributed by atoms with Crippen LogP contribution in [0.3, 0.4) is 0 Å². The molecule has 0 aromatic heterocycles. The summed E-state index contributed by atoms with van der Waals surface area (Å²) in [6.45, 7) is 5.59. The van der Waals surface area contributed by atoms with Crippen molar-refractivity contribution in [2.75, 3.05) is 4.43 Å². The Labute approximate surface area is 144 Å². The SMILES string of the molecule is CC1(C)C2CCC(C2)C1(CI)OCc1cccc(Br)c1. The maximum atomic E-state index is 6.60. The molecule has 20 heavy (non-hydrogen) atoms. The van der Waals surface area contributed by atoms with Crippen LogP contribution in [0.5, 0.6) is 0 Å². The third kappa shape index (κ3) is 2.28. The van der Waals surface area contributed by atoms with E-state index in [1.807, 2.05) is 0 Å². The zero-order chi connectivity index (χ0) is 14.4. The van der Waals surface area contributed by atoms with Gasteiger partial charge in [-0.2, -0.15) is 0 Å². The van der Waals surface area contributed by atoms with Gasteiger partial charge in [0.25, 0.3) is 0 Å². The molecular formula is C17H22BrIO. The fraction of sp³-hybridized carbons (Fsp3) is 0.647. The molecule has 3 heteroatoms. The van der Waals surface area contributed by atoms with Gasteiger partial charge in [-0.25, -0.2) is 0 Å². The normalized spacial score (nSPS) is 34.6. The van der Waals surface area contributed by atoms with E-state index in [9.17, 15) is 0 Å². The Morgan fingerprint density at radius 2 is 2.05 bits per heavy atom. The molecule has 3 atom stereocenters. The molecule has 3 rings (SSSR count). The Kier molecular flexibility index (Phi) is 4.24. The Morgan fingerprint density at radius 1 is 1.30 bits per heavy atom. The highest BCUT2D eigenvalue weighted by Crippen LogP contribution is 2.63. The van der Waals surface area contributed by atoms with Gasteiger partial charge in [-0.05, 0) is 54.2 Å². The van der Waals surface area contributed by atoms with Crippen molar-refractivity contribution >= 4 is 38.5 Å². The molecule has 0 aliphatic heterocycles. The van der Waals surface area contributed by atoms with E-state index in [1.54, 1.807) is 0 Å². The third-order valence-electron chi connectivity index (χ3n) is 5.79. The standard InChI is InChI=1S/C17H22BrIO/c1-16(2)13-6-7-14(9-13)17(16,11-19)20-10-12-4-3-5-15(18)8-12/h3-5,8,13-14H,6-7,9-11H2,1-2H3. The highest BCUT2D eigenvalue weighted by molar-refractivity contribution is 14.1. The first kappa shape index (κ1) is 15.3. The molecule has 110 valence electrons. The first-order chi connectivity index (χ1) is 9.49. The van der Waals surface area contributed by atoms with Crippen LogP contribution in [-0.4, -0.2) is 10.0 Å². The lowest BCUT2D eigenvalue weighted by Crippen LogP contribution is -2.52. The van der Waals surface area contributed by atoms with Gasteiger partial charge in [-0.15, -0.1) is 0 Å². The highest BCUT2D eigenvalue weighted by atomic mass is 127. The van der Waals surface area contributed by atoms with E-state index < -0.39 is 0 Å². The first-order valence-electron chi connectivity index (χ1n) is 7.44. The predicted octanol–water partition coefficient (Wildman–Crippen LogP) is 5.60. The number of benzene rings is 1. The summed E-state index contributed by atoms with van der Waals surface area (Å²) in [6.07, 6.45) is 4.13. The van der Waals surface area contributed by atoms with E-state index in [1.165, 1.54) is 24.8 Å². The summed E-state index contributed by atoms with van der Waals surface area (Å²) in [5, 5.41) is 0. The first-order valence-corrected chi connectivity index (χ1v) is 9.76. The molecule has 2 aliphatic rings. The summed E-state index contributed by atoms with van der Waals surface area (Å²) in [5.41, 5.74) is 1.64. The fourth-order valence-corrected chi connectivity index (χ4v) is 6.67. The molecule has 2 bridgehead atoms. The summed E-state index contributed by atoms with van der Waals surface area (Å²) in [5.74, 6) is 1.61. The topological polar surface area (TPSA) is 9.23 Å². The summed E-state index contributed by atoms with van der Waals surface area (Å²) >= 11 is 6.09. The zero-order valence-corrected chi connectivity index (χ0v) is 15.9. The lowest BCUT2D eigenvalue weighted by atomic mass is 9.66. The number of alkyl halides is 1. The Hall–Kier alpha value is 0.390. The van der Waals surface area contributed by atoms with Crippen LogP contribution in [0.4, 0.5) is 0 Å². The summed E-state index contributed by atoms with van der Waals surface area (Å²) in [4.78, 5) is 0. The molecule has 0 heterocycles. The van der Waals surface area contributed by atoms with E-state index in [2.05, 4.69) is 76.6 Å². The smallest absolute Gasteiger partial charge is 0.0857 e. The van der Waals surface area contributed by atoms with Crippen molar-refractivity contribution in [3.05, 3.63) is 34.3 Å². The molecule has 0 radical (unpaired) electrons. The predicted molar refractivity (Wildman–Crippen MR) is 95.2 cm³/mol. The van der Waals surface area contributed by atoms with Gasteiger partial charge < -0.3 is 4.74 Å². The average Bonchev–Trinajstić information content (AvgIpc) is 2.96. The van der Waals surface area contributed by atoms with Crippen molar-refractivity contribution in [3.63, 3.8) is 0 Å². The number of hydrogen-bond donors (Lipinski definition) is 0. The molecule has 0 amide bonds. The van der Waals surface area contributed by atoms with Crippen molar-refractivity contribution in [2.24, 2.45) is 17.3 Å². The Bertz CT molecular complexity index is 502. The molecule has 1 aromatic rings. The van der Waals surface area contributed by atoms with Crippen molar-refractivity contribution < 1.29 is 4.74 Å². The molecule has 0 spiro atoms. The third-order valence-corrected chi connectivity index (χ3v) is 7.41. The number of ether oxygens (including phenoxy) is 1. The maximum Gasteiger partial charge on any atom is 0.0857 e. The van der Waals surface area contributed by atoms with Crippen molar-refractivity contribution in [1.29, 1.82) is 0 Å². The minimum absolute atomic E-state index is 0.0682. The van der Waals surface area contributed by atoms with Gasteiger partial charge in [-0.1, -0.05) is 64.5 Å². The largest absolute Gasteiger partial charge is 0.369 e. The van der Waals surface area contributed by atoms with Crippen LogP contribution in [0.2, 0.25) is 0 Å². The Morgan fingerprint density at radius 3 is 2.65 bits per heavy atom. The number of hydrogen-bond acceptors (Lipinski definition) is 1. The molecule has 2 saturated carbocycles. The molecule has 3 unspecified atom stereocenters. The second-order valence-electron chi connectivity index (χ2n) is 6.87. The molecule has 2 fully saturated rings. The van der Waals surface area contributed by atoms with Crippen LogP contribution in [-0.2, 0) is 11.3 Å². The van der Waals surface area contributed by atoms with Crippen LogP contribution < -0.4 is 0 Å². The summed E-state index contributed by atoms with van der Waals surface area (Å²) < 4.78 is 8.84. The molecule has 0 N–H and O–H groups in total. The molecule has 0 saturated heterocycles. The zero-order valence-electron chi connectivity index (χ0n) is 12.2. The minimum Gasteiger partial charge on any atom is -0.369 e. The van der Waals surface area contributed by atoms with Crippen LogP contribution in [0.15, 0.2) is 28.7 Å². The molecule has 1 nitrogen and oxygen atoms in total. The lowest BCUT2D eigenvalue weighted by Gasteiger charge is -2.48. The van der Waals surface area contributed by atoms with E-state index in [4.69, 9.17) is 4.74 Å². The van der Waals surface area contributed by atoms with Crippen LogP contribution in [0.1, 0.15) is 38.7 Å². The average molecular weight is 449 g/mol. The van der Waals surface area contributed by atoms with E-state index in [0.29, 0.717) is 5.41 Å². The van der Waals surface area contributed by atoms with Gasteiger partial charge >= 0.3 is 0 Å². The van der Waals surface area contributed by atoms with Crippen molar-refractivity contribution in [3.8, 4) is 0 Å². The van der Waals surface area contributed by atoms with Crippen molar-refractivity contribution in [1.82, 2.24) is 0 Å². The van der Waals surface area contributed by atoms with E-state index >= 15 is 0 Å². The number of rotatable bonds is 4. The van der Waals surface area contributed by atoms with Gasteiger partial charge in [0.15, 0.2) is 0 Å². The molecular weight excluding hydrogens is 427 g/mol. The Balaban J connectivity index is 1.80. The van der Waals surface area contributed by atoms with E-state index in [-0.39, 0.29) is 5.60 Å². The lowest BCUT2D eigenvalue weighted by molar-refractivity contribution is -0.144. The summed E-state index contributed by atoms with van der Waals surface area (Å²) in [6, 6.07) is 8.48. The van der Waals surface area contributed by atoms with Gasteiger partial charge in [0.2, 0.25) is 0 Å². The van der Waals surface area contributed by atoms with Crippen molar-refractivity contribution in [2.45, 2.75) is 45.3 Å². The van der Waals surface area contributed by atoms with Gasteiger partial charge in [0, 0.05) is 8.90 Å². The second kappa shape index (κ2) is 5.54. The second-order valence-corrected chi connectivity index (χ2v) is 8.55. The van der Waals surface area contributed by atoms with Gasteiger partial charge in [0.05, 0.1) is 12.2 Å². The van der Waals surface area contributed by atoms with Crippen LogP contribution >= 0.6 is 38.5 Å². The number of halogens is 2. The molecule has 2 aliphatic carbocycles. The van der Waals surface area contributed by atoms with Crippen LogP contribution in [0, 0.1) is 17.3 Å². The number of fused-ring (bicyclic) bond motifs is 2. The van der Waals surface area contributed by atoms with Gasteiger partial charge in [0.1, 0.15) is 0 Å². The summed E-state index contributed by atoms with van der Waals surface area (Å²) in [7, 11) is 0.